The lowest BCUT2D eigenvalue weighted by Crippen LogP contribution is -1.97. The van der Waals surface area contributed by atoms with Gasteiger partial charge >= 0.3 is 0 Å². The number of nitro groups is 1. The van der Waals surface area contributed by atoms with E-state index >= 15 is 0 Å². The molecule has 0 spiro atoms. The second-order valence-corrected chi connectivity index (χ2v) is 5.12. The molecule has 6 nitrogen and oxygen atoms in total. The molecule has 116 valence electrons. The molecule has 0 atom stereocenters. The predicted octanol–water partition coefficient (Wildman–Crippen LogP) is 4.20. The molecule has 0 radical (unpaired) electrons. The van der Waals surface area contributed by atoms with Crippen molar-refractivity contribution in [3.05, 3.63) is 64.3 Å². The van der Waals surface area contributed by atoms with Crippen molar-refractivity contribution in [1.29, 1.82) is 0 Å². The minimum absolute atomic E-state index is 0.0781. The highest BCUT2D eigenvalue weighted by atomic mass is 16.6. The fourth-order valence-electron chi connectivity index (χ4n) is 2.41. The van der Waals surface area contributed by atoms with Crippen LogP contribution < -0.4 is 10.1 Å². The van der Waals surface area contributed by atoms with Gasteiger partial charge in [0.25, 0.3) is 5.69 Å². The van der Waals surface area contributed by atoms with Crippen LogP contribution in [0.25, 0.3) is 10.9 Å². The Morgan fingerprint density at radius 1 is 1.13 bits per heavy atom. The van der Waals surface area contributed by atoms with E-state index < -0.39 is 4.92 Å². The number of fused-ring (bicyclic) bond motifs is 1. The number of pyridine rings is 1. The van der Waals surface area contributed by atoms with Crippen molar-refractivity contribution in [3.63, 3.8) is 0 Å². The topological polar surface area (TPSA) is 77.3 Å². The summed E-state index contributed by atoms with van der Waals surface area (Å²) in [6.45, 7) is 1.83. The molecule has 6 heteroatoms. The van der Waals surface area contributed by atoms with E-state index in [0.29, 0.717) is 0 Å². The van der Waals surface area contributed by atoms with Crippen LogP contribution in [0.1, 0.15) is 5.56 Å². The maximum atomic E-state index is 10.8. The number of non-ortho nitro benzene ring substituents is 1. The van der Waals surface area contributed by atoms with Crippen LogP contribution in [0.5, 0.6) is 5.75 Å². The van der Waals surface area contributed by atoms with Crippen molar-refractivity contribution in [3.8, 4) is 5.75 Å². The van der Waals surface area contributed by atoms with Crippen molar-refractivity contribution < 1.29 is 9.66 Å². The zero-order valence-electron chi connectivity index (χ0n) is 12.7. The van der Waals surface area contributed by atoms with Crippen molar-refractivity contribution in [2.75, 3.05) is 12.4 Å². The third kappa shape index (κ3) is 2.91. The highest BCUT2D eigenvalue weighted by Crippen LogP contribution is 2.30. The van der Waals surface area contributed by atoms with Gasteiger partial charge in [-0.3, -0.25) is 15.1 Å². The van der Waals surface area contributed by atoms with Gasteiger partial charge in [-0.1, -0.05) is 0 Å². The van der Waals surface area contributed by atoms with E-state index in [4.69, 9.17) is 4.74 Å². The molecular weight excluding hydrogens is 294 g/mol. The third-order valence-electron chi connectivity index (χ3n) is 3.64. The van der Waals surface area contributed by atoms with Gasteiger partial charge in [0.2, 0.25) is 0 Å². The molecule has 3 aromatic rings. The SMILES string of the molecule is COc1ccc2nccc(Nc3ccc([N+](=O)[O-])cc3C)c2c1. The summed E-state index contributed by atoms with van der Waals surface area (Å²) in [6, 6.07) is 12.3. The Balaban J connectivity index is 2.03. The van der Waals surface area contributed by atoms with Crippen LogP contribution >= 0.6 is 0 Å². The molecule has 3 rings (SSSR count). The number of hydrogen-bond donors (Lipinski definition) is 1. The van der Waals surface area contributed by atoms with Gasteiger partial charge in [-0.05, 0) is 42.8 Å². The molecule has 1 aromatic heterocycles. The summed E-state index contributed by atoms with van der Waals surface area (Å²) in [6.07, 6.45) is 1.72. The summed E-state index contributed by atoms with van der Waals surface area (Å²) in [5.41, 5.74) is 3.40. The second kappa shape index (κ2) is 5.92. The average Bonchev–Trinajstić information content (AvgIpc) is 2.56. The first-order chi connectivity index (χ1) is 11.1. The normalized spacial score (nSPS) is 10.5. The molecule has 0 unspecified atom stereocenters. The Hall–Kier alpha value is -3.15. The minimum atomic E-state index is -0.399. The molecule has 0 aliphatic carbocycles. The van der Waals surface area contributed by atoms with E-state index in [9.17, 15) is 10.1 Å². The number of anilines is 2. The van der Waals surface area contributed by atoms with E-state index in [1.807, 2.05) is 31.2 Å². The van der Waals surface area contributed by atoms with Crippen LogP contribution in [0.3, 0.4) is 0 Å². The van der Waals surface area contributed by atoms with E-state index in [0.717, 1.165) is 33.6 Å². The van der Waals surface area contributed by atoms with Gasteiger partial charge in [-0.25, -0.2) is 0 Å². The average molecular weight is 309 g/mol. The summed E-state index contributed by atoms with van der Waals surface area (Å²) in [5.74, 6) is 0.744. The second-order valence-electron chi connectivity index (χ2n) is 5.12. The van der Waals surface area contributed by atoms with Crippen molar-refractivity contribution in [2.45, 2.75) is 6.92 Å². The number of nitrogens with one attached hydrogen (secondary N) is 1. The first kappa shape index (κ1) is 14.8. The Morgan fingerprint density at radius 3 is 2.65 bits per heavy atom. The smallest absolute Gasteiger partial charge is 0.269 e. The summed E-state index contributed by atoms with van der Waals surface area (Å²) in [4.78, 5) is 14.8. The fourth-order valence-corrected chi connectivity index (χ4v) is 2.41. The molecule has 23 heavy (non-hydrogen) atoms. The Morgan fingerprint density at radius 2 is 1.96 bits per heavy atom. The molecule has 0 fully saturated rings. The summed E-state index contributed by atoms with van der Waals surface area (Å²) < 4.78 is 5.26. The van der Waals surface area contributed by atoms with Gasteiger partial charge < -0.3 is 10.1 Å². The number of benzene rings is 2. The lowest BCUT2D eigenvalue weighted by atomic mass is 10.1. The monoisotopic (exact) mass is 309 g/mol. The number of ether oxygens (including phenoxy) is 1. The number of aryl methyl sites for hydroxylation is 1. The maximum absolute atomic E-state index is 10.8. The van der Waals surface area contributed by atoms with E-state index in [2.05, 4.69) is 10.3 Å². The highest BCUT2D eigenvalue weighted by Gasteiger charge is 2.10. The fraction of sp³-hybridized carbons (Fsp3) is 0.118. The van der Waals surface area contributed by atoms with Crippen LogP contribution in [-0.4, -0.2) is 17.0 Å². The van der Waals surface area contributed by atoms with Crippen LogP contribution in [-0.2, 0) is 0 Å². The Bertz CT molecular complexity index is 893. The zero-order valence-corrected chi connectivity index (χ0v) is 12.7. The minimum Gasteiger partial charge on any atom is -0.497 e. The quantitative estimate of drug-likeness (QED) is 0.577. The molecule has 0 aliphatic heterocycles. The summed E-state index contributed by atoms with van der Waals surface area (Å²) in [5, 5.41) is 15.1. The number of nitro benzene ring substituents is 1. The molecule has 0 saturated heterocycles. The van der Waals surface area contributed by atoms with Crippen LogP contribution in [0, 0.1) is 17.0 Å². The molecule has 1 heterocycles. The Labute approximate surface area is 132 Å². The van der Waals surface area contributed by atoms with Gasteiger partial charge in [0.1, 0.15) is 5.75 Å². The molecule has 2 aromatic carbocycles. The van der Waals surface area contributed by atoms with Gasteiger partial charge in [-0.15, -0.1) is 0 Å². The molecule has 0 amide bonds. The van der Waals surface area contributed by atoms with E-state index in [-0.39, 0.29) is 5.69 Å². The van der Waals surface area contributed by atoms with E-state index in [1.54, 1.807) is 25.4 Å². The van der Waals surface area contributed by atoms with Crippen LogP contribution in [0.15, 0.2) is 48.7 Å². The number of methoxy groups -OCH3 is 1. The molecular formula is C17H15N3O3. The maximum Gasteiger partial charge on any atom is 0.269 e. The summed E-state index contributed by atoms with van der Waals surface area (Å²) >= 11 is 0. The molecule has 0 aliphatic rings. The molecule has 0 saturated carbocycles. The van der Waals surface area contributed by atoms with Crippen LogP contribution in [0.4, 0.5) is 17.1 Å². The highest BCUT2D eigenvalue weighted by molar-refractivity contribution is 5.94. The largest absolute Gasteiger partial charge is 0.497 e. The van der Waals surface area contributed by atoms with Gasteiger partial charge in [0.15, 0.2) is 0 Å². The van der Waals surface area contributed by atoms with Gasteiger partial charge in [-0.2, -0.15) is 0 Å². The summed E-state index contributed by atoms with van der Waals surface area (Å²) in [7, 11) is 1.62. The van der Waals surface area contributed by atoms with Crippen molar-refractivity contribution in [1.82, 2.24) is 4.98 Å². The molecule has 1 N–H and O–H groups in total. The third-order valence-corrected chi connectivity index (χ3v) is 3.64. The molecule has 0 bridgehead atoms. The lowest BCUT2D eigenvalue weighted by molar-refractivity contribution is -0.384. The Kier molecular flexibility index (Phi) is 3.80. The van der Waals surface area contributed by atoms with Crippen LogP contribution in [0.2, 0.25) is 0 Å². The number of hydrogen-bond acceptors (Lipinski definition) is 5. The van der Waals surface area contributed by atoms with Crippen molar-refractivity contribution >= 4 is 28.0 Å². The van der Waals surface area contributed by atoms with Gasteiger partial charge in [0, 0.05) is 35.1 Å². The number of rotatable bonds is 4. The predicted molar refractivity (Wildman–Crippen MR) is 89.4 cm³/mol. The van der Waals surface area contributed by atoms with Crippen molar-refractivity contribution in [2.24, 2.45) is 0 Å². The first-order valence-corrected chi connectivity index (χ1v) is 7.03. The van der Waals surface area contributed by atoms with Gasteiger partial charge in [0.05, 0.1) is 17.5 Å². The standard InChI is InChI=1S/C17H15N3O3/c1-11-9-12(20(21)22)3-5-15(11)19-17-7-8-18-16-6-4-13(23-2)10-14(16)17/h3-10H,1-2H3,(H,18,19). The van der Waals surface area contributed by atoms with E-state index in [1.165, 1.54) is 6.07 Å². The zero-order chi connectivity index (χ0) is 16.4. The lowest BCUT2D eigenvalue weighted by Gasteiger charge is -2.12. The number of nitrogens with zero attached hydrogens (tertiary/aromatic N) is 2. The first-order valence-electron chi connectivity index (χ1n) is 7.03. The number of aromatic nitrogens is 1.